The molecular weight excluding hydrogens is 372 g/mol. The lowest BCUT2D eigenvalue weighted by Gasteiger charge is -2.41. The maximum absolute atomic E-state index is 13.0. The predicted molar refractivity (Wildman–Crippen MR) is 112 cm³/mol. The number of rotatable bonds is 7. The summed E-state index contributed by atoms with van der Waals surface area (Å²) in [6, 6.07) is 12.6. The third kappa shape index (κ3) is 4.62. The van der Waals surface area contributed by atoms with Crippen LogP contribution >= 0.6 is 11.3 Å². The van der Waals surface area contributed by atoms with E-state index in [4.69, 9.17) is 4.74 Å². The number of likely N-dealkylation sites (tertiary alicyclic amines) is 1. The van der Waals surface area contributed by atoms with Crippen molar-refractivity contribution < 1.29 is 14.3 Å². The largest absolute Gasteiger partial charge is 0.375 e. The standard InChI is InChI=1S/C22H28N2O3S/c1-3-23-21(26)22(11-5-12-24(16-22)20(25)15-27-2)14-17-7-9-18(10-8-17)19-6-4-13-28-19/h4,6-10,13H,3,5,11-12,14-16H2,1-2H3,(H,23,26)/t22-/m0/s1. The zero-order valence-electron chi connectivity index (χ0n) is 16.6. The highest BCUT2D eigenvalue weighted by molar-refractivity contribution is 7.13. The number of thiophene rings is 1. The molecule has 0 bridgehead atoms. The van der Waals surface area contributed by atoms with E-state index in [1.807, 2.05) is 13.0 Å². The second kappa shape index (κ2) is 9.34. The molecule has 3 rings (SSSR count). The number of hydrogen-bond donors (Lipinski definition) is 1. The van der Waals surface area contributed by atoms with Crippen LogP contribution in [0.15, 0.2) is 41.8 Å². The summed E-state index contributed by atoms with van der Waals surface area (Å²) in [6.07, 6.45) is 2.22. The molecule has 2 aromatic rings. The van der Waals surface area contributed by atoms with Crippen molar-refractivity contribution >= 4 is 23.2 Å². The van der Waals surface area contributed by atoms with Crippen molar-refractivity contribution in [2.24, 2.45) is 5.41 Å². The Morgan fingerprint density at radius 3 is 2.68 bits per heavy atom. The normalized spacial score (nSPS) is 19.4. The minimum Gasteiger partial charge on any atom is -0.375 e. The lowest BCUT2D eigenvalue weighted by atomic mass is 9.74. The number of piperidine rings is 1. The van der Waals surface area contributed by atoms with Gasteiger partial charge in [0.05, 0.1) is 5.41 Å². The number of benzene rings is 1. The molecule has 1 fully saturated rings. The Bertz CT molecular complexity index is 789. The first kappa shape index (κ1) is 20.6. The van der Waals surface area contributed by atoms with Crippen LogP contribution in [0.5, 0.6) is 0 Å². The lowest BCUT2D eigenvalue weighted by molar-refractivity contribution is -0.144. The van der Waals surface area contributed by atoms with E-state index < -0.39 is 5.41 Å². The highest BCUT2D eigenvalue weighted by Gasteiger charge is 2.43. The summed E-state index contributed by atoms with van der Waals surface area (Å²) in [7, 11) is 1.52. The molecule has 150 valence electrons. The Hall–Kier alpha value is -2.18. The third-order valence-corrected chi connectivity index (χ3v) is 6.24. The number of nitrogens with one attached hydrogen (secondary N) is 1. The Morgan fingerprint density at radius 2 is 2.04 bits per heavy atom. The number of carbonyl (C=O) groups is 2. The van der Waals surface area contributed by atoms with E-state index in [1.165, 1.54) is 17.6 Å². The van der Waals surface area contributed by atoms with Crippen LogP contribution in [-0.4, -0.2) is 50.1 Å². The molecule has 2 amide bonds. The molecule has 1 aliphatic rings. The summed E-state index contributed by atoms with van der Waals surface area (Å²) in [4.78, 5) is 28.4. The van der Waals surface area contributed by atoms with Crippen LogP contribution in [0.1, 0.15) is 25.3 Å². The van der Waals surface area contributed by atoms with Gasteiger partial charge in [-0.1, -0.05) is 30.3 Å². The highest BCUT2D eigenvalue weighted by atomic mass is 32.1. The first-order valence-corrected chi connectivity index (χ1v) is 10.6. The van der Waals surface area contributed by atoms with Gasteiger partial charge in [-0.25, -0.2) is 0 Å². The van der Waals surface area contributed by atoms with Crippen LogP contribution in [-0.2, 0) is 20.7 Å². The second-order valence-electron chi connectivity index (χ2n) is 7.34. The number of nitrogens with zero attached hydrogens (tertiary/aromatic N) is 1. The number of amides is 2. The van der Waals surface area contributed by atoms with Crippen LogP contribution in [0.25, 0.3) is 10.4 Å². The van der Waals surface area contributed by atoms with Crippen molar-refractivity contribution in [3.63, 3.8) is 0 Å². The summed E-state index contributed by atoms with van der Waals surface area (Å²) >= 11 is 1.72. The second-order valence-corrected chi connectivity index (χ2v) is 8.29. The predicted octanol–water partition coefficient (Wildman–Crippen LogP) is 3.35. The Morgan fingerprint density at radius 1 is 1.25 bits per heavy atom. The fourth-order valence-corrected chi connectivity index (χ4v) is 4.67. The van der Waals surface area contributed by atoms with Gasteiger partial charge in [0.25, 0.3) is 0 Å². The van der Waals surface area contributed by atoms with E-state index in [2.05, 4.69) is 41.0 Å². The van der Waals surface area contributed by atoms with Gasteiger partial charge in [-0.2, -0.15) is 0 Å². The smallest absolute Gasteiger partial charge is 0.248 e. The van der Waals surface area contributed by atoms with E-state index >= 15 is 0 Å². The number of carbonyl (C=O) groups excluding carboxylic acids is 2. The average Bonchev–Trinajstić information content (AvgIpc) is 3.24. The van der Waals surface area contributed by atoms with Crippen molar-refractivity contribution in [2.75, 3.05) is 33.4 Å². The van der Waals surface area contributed by atoms with E-state index in [-0.39, 0.29) is 18.4 Å². The molecule has 1 atom stereocenters. The molecule has 0 saturated carbocycles. The van der Waals surface area contributed by atoms with E-state index in [1.54, 1.807) is 16.2 Å². The van der Waals surface area contributed by atoms with E-state index in [0.717, 1.165) is 18.4 Å². The molecule has 2 heterocycles. The van der Waals surface area contributed by atoms with Crippen molar-refractivity contribution in [1.29, 1.82) is 0 Å². The van der Waals surface area contributed by atoms with Gasteiger partial charge in [-0.05, 0) is 48.8 Å². The Balaban J connectivity index is 1.81. The molecule has 6 heteroatoms. The highest BCUT2D eigenvalue weighted by Crippen LogP contribution is 2.35. The van der Waals surface area contributed by atoms with Crippen LogP contribution < -0.4 is 5.32 Å². The van der Waals surface area contributed by atoms with Crippen molar-refractivity contribution in [3.05, 3.63) is 47.3 Å². The summed E-state index contributed by atoms with van der Waals surface area (Å²) < 4.78 is 5.01. The first-order valence-electron chi connectivity index (χ1n) is 9.76. The SMILES string of the molecule is CCNC(=O)[C@]1(Cc2ccc(-c3cccs3)cc2)CCCN(C(=O)COC)C1. The van der Waals surface area contributed by atoms with Crippen LogP contribution in [0.4, 0.5) is 0 Å². The van der Waals surface area contributed by atoms with Crippen molar-refractivity contribution in [1.82, 2.24) is 10.2 Å². The van der Waals surface area contributed by atoms with Gasteiger partial charge in [-0.3, -0.25) is 9.59 Å². The maximum atomic E-state index is 13.0. The summed E-state index contributed by atoms with van der Waals surface area (Å²) in [6.45, 7) is 3.69. The zero-order chi connectivity index (χ0) is 20.0. The molecule has 1 saturated heterocycles. The maximum Gasteiger partial charge on any atom is 0.248 e. The average molecular weight is 401 g/mol. The Labute approximate surface area is 170 Å². The fourth-order valence-electron chi connectivity index (χ4n) is 3.94. The zero-order valence-corrected chi connectivity index (χ0v) is 17.4. The molecule has 0 unspecified atom stereocenters. The number of hydrogen-bond acceptors (Lipinski definition) is 4. The molecule has 28 heavy (non-hydrogen) atoms. The molecule has 1 N–H and O–H groups in total. The topological polar surface area (TPSA) is 58.6 Å². The van der Waals surface area contributed by atoms with Gasteiger partial charge in [0.2, 0.25) is 11.8 Å². The molecular formula is C22H28N2O3S. The fraction of sp³-hybridized carbons (Fsp3) is 0.455. The Kier molecular flexibility index (Phi) is 6.86. The quantitative estimate of drug-likeness (QED) is 0.775. The summed E-state index contributed by atoms with van der Waals surface area (Å²) in [5.41, 5.74) is 1.71. The third-order valence-electron chi connectivity index (χ3n) is 5.32. The van der Waals surface area contributed by atoms with E-state index in [0.29, 0.717) is 26.1 Å². The molecule has 0 spiro atoms. The minimum atomic E-state index is -0.595. The number of methoxy groups -OCH3 is 1. The van der Waals surface area contributed by atoms with Crippen molar-refractivity contribution in [3.8, 4) is 10.4 Å². The van der Waals surface area contributed by atoms with Crippen LogP contribution in [0, 0.1) is 5.41 Å². The molecule has 0 radical (unpaired) electrons. The van der Waals surface area contributed by atoms with Gasteiger partial charge >= 0.3 is 0 Å². The van der Waals surface area contributed by atoms with Gasteiger partial charge in [-0.15, -0.1) is 11.3 Å². The van der Waals surface area contributed by atoms with Crippen LogP contribution in [0.2, 0.25) is 0 Å². The minimum absolute atomic E-state index is 0.0345. The first-order chi connectivity index (χ1) is 13.6. The molecule has 1 aliphatic heterocycles. The monoisotopic (exact) mass is 400 g/mol. The molecule has 5 nitrogen and oxygen atoms in total. The van der Waals surface area contributed by atoms with Gasteiger partial charge in [0.1, 0.15) is 6.61 Å². The molecule has 1 aromatic carbocycles. The van der Waals surface area contributed by atoms with Gasteiger partial charge in [0, 0.05) is 31.6 Å². The van der Waals surface area contributed by atoms with Crippen LogP contribution in [0.3, 0.4) is 0 Å². The van der Waals surface area contributed by atoms with Gasteiger partial charge in [0.15, 0.2) is 0 Å². The van der Waals surface area contributed by atoms with Gasteiger partial charge < -0.3 is 15.0 Å². The molecule has 1 aromatic heterocycles. The number of ether oxygens (including phenoxy) is 1. The van der Waals surface area contributed by atoms with Crippen molar-refractivity contribution in [2.45, 2.75) is 26.2 Å². The summed E-state index contributed by atoms with van der Waals surface area (Å²) in [5.74, 6) is -0.0174. The molecule has 0 aliphatic carbocycles. The van der Waals surface area contributed by atoms with E-state index in [9.17, 15) is 9.59 Å². The lowest BCUT2D eigenvalue weighted by Crippen LogP contribution is -2.55. The summed E-state index contributed by atoms with van der Waals surface area (Å²) in [5, 5.41) is 5.07.